The molecule has 0 atom stereocenters. The molecule has 2 aromatic rings. The number of hydrogen-bond donors (Lipinski definition) is 1. The van der Waals surface area contributed by atoms with Crippen molar-refractivity contribution in [1.29, 1.82) is 0 Å². The van der Waals surface area contributed by atoms with Gasteiger partial charge < -0.3 is 4.98 Å². The van der Waals surface area contributed by atoms with Crippen molar-refractivity contribution in [3.8, 4) is 11.4 Å². The number of halogens is 3. The minimum atomic E-state index is -1.50. The largest absolute Gasteiger partial charge is 0.343 e. The Bertz CT molecular complexity index is 672. The van der Waals surface area contributed by atoms with Gasteiger partial charge in [0.1, 0.15) is 10.5 Å². The third-order valence-electron chi connectivity index (χ3n) is 2.87. The molecule has 0 fully saturated rings. The van der Waals surface area contributed by atoms with Gasteiger partial charge in [-0.15, -0.1) is 0 Å². The minimum Gasteiger partial charge on any atom is -0.343 e. The molecule has 19 heavy (non-hydrogen) atoms. The van der Waals surface area contributed by atoms with Gasteiger partial charge in [0, 0.05) is 16.8 Å². The van der Waals surface area contributed by atoms with Crippen LogP contribution in [0.25, 0.3) is 11.4 Å². The molecule has 0 aliphatic rings. The van der Waals surface area contributed by atoms with E-state index in [0.717, 1.165) is 23.4 Å². The van der Waals surface area contributed by atoms with Crippen LogP contribution < -0.4 is 0 Å². The summed E-state index contributed by atoms with van der Waals surface area (Å²) in [6.07, 6.45) is 0.678. The van der Waals surface area contributed by atoms with Crippen LogP contribution in [0, 0.1) is 29.0 Å². The van der Waals surface area contributed by atoms with Crippen LogP contribution in [0.5, 0.6) is 0 Å². The van der Waals surface area contributed by atoms with E-state index >= 15 is 0 Å². The molecule has 0 aliphatic carbocycles. The molecule has 2 nitrogen and oxygen atoms in total. The van der Waals surface area contributed by atoms with Crippen LogP contribution in [0.2, 0.25) is 0 Å². The van der Waals surface area contributed by atoms with E-state index in [2.05, 4.69) is 9.97 Å². The number of aryl methyl sites for hydroxylation is 1. The van der Waals surface area contributed by atoms with Crippen molar-refractivity contribution in [3.63, 3.8) is 0 Å². The molecule has 1 heterocycles. The van der Waals surface area contributed by atoms with Gasteiger partial charge in [0.15, 0.2) is 17.5 Å². The molecule has 1 aromatic heterocycles. The van der Waals surface area contributed by atoms with Crippen LogP contribution in [0.3, 0.4) is 0 Å². The third-order valence-corrected chi connectivity index (χ3v) is 3.26. The lowest BCUT2D eigenvalue weighted by Gasteiger charge is -2.08. The summed E-state index contributed by atoms with van der Waals surface area (Å²) in [6, 6.07) is 1.78. The van der Waals surface area contributed by atoms with E-state index in [4.69, 9.17) is 12.2 Å². The first kappa shape index (κ1) is 13.7. The number of nitrogens with zero attached hydrogens (tertiary/aromatic N) is 1. The Morgan fingerprint density at radius 3 is 2.32 bits per heavy atom. The molecule has 0 spiro atoms. The maximum atomic E-state index is 13.2. The highest BCUT2D eigenvalue weighted by molar-refractivity contribution is 7.71. The number of H-pyrrole nitrogens is 1. The fourth-order valence-corrected chi connectivity index (χ4v) is 1.98. The van der Waals surface area contributed by atoms with Crippen molar-refractivity contribution in [1.82, 2.24) is 9.97 Å². The van der Waals surface area contributed by atoms with E-state index in [1.807, 2.05) is 13.8 Å². The predicted octanol–water partition coefficient (Wildman–Crippen LogP) is 4.09. The van der Waals surface area contributed by atoms with Gasteiger partial charge in [-0.2, -0.15) is 0 Å². The first-order chi connectivity index (χ1) is 8.93. The van der Waals surface area contributed by atoms with Gasteiger partial charge in [-0.25, -0.2) is 18.2 Å². The Labute approximate surface area is 113 Å². The molecule has 0 saturated heterocycles. The van der Waals surface area contributed by atoms with Crippen LogP contribution >= 0.6 is 12.2 Å². The molecule has 1 aromatic carbocycles. The molecule has 0 radical (unpaired) electrons. The smallest absolute Gasteiger partial charge is 0.194 e. The normalized spacial score (nSPS) is 10.8. The predicted molar refractivity (Wildman–Crippen MR) is 68.8 cm³/mol. The molecule has 1 N–H and O–H groups in total. The lowest BCUT2D eigenvalue weighted by Crippen LogP contribution is -2.01. The zero-order valence-electron chi connectivity index (χ0n) is 10.4. The highest BCUT2D eigenvalue weighted by atomic mass is 32.1. The molecule has 100 valence electrons. The zero-order chi connectivity index (χ0) is 14.2. The molecule has 0 unspecified atom stereocenters. The molecular weight excluding hydrogens is 273 g/mol. The number of aromatic amines is 1. The van der Waals surface area contributed by atoms with Crippen molar-refractivity contribution < 1.29 is 13.2 Å². The highest BCUT2D eigenvalue weighted by Gasteiger charge is 2.13. The first-order valence-electron chi connectivity index (χ1n) is 5.68. The number of hydrogen-bond acceptors (Lipinski definition) is 2. The Morgan fingerprint density at radius 1 is 1.21 bits per heavy atom. The Balaban J connectivity index is 2.66. The number of nitrogens with one attached hydrogen (secondary N) is 1. The van der Waals surface area contributed by atoms with Crippen molar-refractivity contribution in [3.05, 3.63) is 45.5 Å². The van der Waals surface area contributed by atoms with Crippen molar-refractivity contribution >= 4 is 12.2 Å². The lowest BCUT2D eigenvalue weighted by molar-refractivity contribution is 0.447. The third kappa shape index (κ3) is 2.53. The number of benzene rings is 1. The topological polar surface area (TPSA) is 28.7 Å². The molecule has 2 rings (SSSR count). The van der Waals surface area contributed by atoms with E-state index in [9.17, 15) is 13.2 Å². The van der Waals surface area contributed by atoms with Crippen molar-refractivity contribution in [2.45, 2.75) is 20.3 Å². The summed E-state index contributed by atoms with van der Waals surface area (Å²) >= 11 is 5.09. The molecule has 0 amide bonds. The summed E-state index contributed by atoms with van der Waals surface area (Å²) in [5.41, 5.74) is 1.78. The summed E-state index contributed by atoms with van der Waals surface area (Å²) in [6.45, 7) is 3.74. The van der Waals surface area contributed by atoms with Crippen molar-refractivity contribution in [2.75, 3.05) is 0 Å². The minimum absolute atomic E-state index is 0.122. The van der Waals surface area contributed by atoms with Gasteiger partial charge in [-0.05, 0) is 25.5 Å². The standard InChI is InChI=1S/C13H11F3N2S/c1-3-10-6(2)13(19)18-12(17-10)7-4-8(14)11(16)9(15)5-7/h4-5H,3H2,1-2H3,(H,17,18,19). The van der Waals surface area contributed by atoms with Gasteiger partial charge in [-0.1, -0.05) is 19.1 Å². The second-order valence-electron chi connectivity index (χ2n) is 4.10. The van der Waals surface area contributed by atoms with E-state index in [1.165, 1.54) is 0 Å². The fourth-order valence-electron chi connectivity index (χ4n) is 1.76. The van der Waals surface area contributed by atoms with E-state index in [-0.39, 0.29) is 11.4 Å². The van der Waals surface area contributed by atoms with Crippen LogP contribution in [-0.2, 0) is 6.42 Å². The average Bonchev–Trinajstić information content (AvgIpc) is 2.38. The first-order valence-corrected chi connectivity index (χ1v) is 6.09. The van der Waals surface area contributed by atoms with Gasteiger partial charge in [0.2, 0.25) is 0 Å². The van der Waals surface area contributed by atoms with Crippen LogP contribution in [0.1, 0.15) is 18.2 Å². The zero-order valence-corrected chi connectivity index (χ0v) is 11.2. The SMILES string of the molecule is CCc1[nH]c(-c2cc(F)c(F)c(F)c2)nc(=S)c1C. The van der Waals surface area contributed by atoms with E-state index < -0.39 is 17.5 Å². The second-order valence-corrected chi connectivity index (χ2v) is 4.49. The van der Waals surface area contributed by atoms with Gasteiger partial charge in [0.05, 0.1) is 0 Å². The lowest BCUT2D eigenvalue weighted by atomic mass is 10.1. The maximum absolute atomic E-state index is 13.2. The van der Waals surface area contributed by atoms with Crippen LogP contribution in [0.15, 0.2) is 12.1 Å². The Morgan fingerprint density at radius 2 is 1.79 bits per heavy atom. The van der Waals surface area contributed by atoms with Gasteiger partial charge in [-0.3, -0.25) is 0 Å². The van der Waals surface area contributed by atoms with Crippen molar-refractivity contribution in [2.24, 2.45) is 0 Å². The second kappa shape index (κ2) is 5.13. The van der Waals surface area contributed by atoms with Crippen LogP contribution in [0.4, 0.5) is 13.2 Å². The number of aromatic nitrogens is 2. The summed E-state index contributed by atoms with van der Waals surface area (Å²) in [7, 11) is 0. The highest BCUT2D eigenvalue weighted by Crippen LogP contribution is 2.22. The Hall–Kier alpha value is -1.69. The molecule has 0 saturated carbocycles. The summed E-state index contributed by atoms with van der Waals surface area (Å²) in [5, 5.41) is 0. The average molecular weight is 284 g/mol. The van der Waals surface area contributed by atoms with E-state index in [0.29, 0.717) is 11.1 Å². The Kier molecular flexibility index (Phi) is 3.71. The summed E-state index contributed by atoms with van der Waals surface area (Å²) in [4.78, 5) is 7.03. The molecule has 6 heteroatoms. The maximum Gasteiger partial charge on any atom is 0.194 e. The molecule has 0 bridgehead atoms. The quantitative estimate of drug-likeness (QED) is 0.664. The van der Waals surface area contributed by atoms with Crippen LogP contribution in [-0.4, -0.2) is 9.97 Å². The summed E-state index contributed by atoms with van der Waals surface area (Å²) < 4.78 is 39.7. The number of rotatable bonds is 2. The van der Waals surface area contributed by atoms with Gasteiger partial charge >= 0.3 is 0 Å². The van der Waals surface area contributed by atoms with E-state index in [1.54, 1.807) is 0 Å². The molecule has 0 aliphatic heterocycles. The molecular formula is C13H11F3N2S. The van der Waals surface area contributed by atoms with Gasteiger partial charge in [0.25, 0.3) is 0 Å². The fraction of sp³-hybridized carbons (Fsp3) is 0.231. The summed E-state index contributed by atoms with van der Waals surface area (Å²) in [5.74, 6) is -3.78. The monoisotopic (exact) mass is 284 g/mol.